The first kappa shape index (κ1) is 12.6. The van der Waals surface area contributed by atoms with Gasteiger partial charge in [-0.25, -0.2) is 0 Å². The molecule has 1 N–H and O–H groups in total. The molecule has 0 unspecified atom stereocenters. The topological polar surface area (TPSA) is 29.1 Å². The fourth-order valence-electron chi connectivity index (χ4n) is 2.39. The van der Waals surface area contributed by atoms with Crippen LogP contribution in [0.5, 0.6) is 0 Å². The van der Waals surface area contributed by atoms with E-state index >= 15 is 0 Å². The van der Waals surface area contributed by atoms with Crippen LogP contribution in [0.25, 0.3) is 0 Å². The molecule has 2 aromatic carbocycles. The third kappa shape index (κ3) is 2.62. The SMILES string of the molecule is O=C(Cc1ccccc1Br)c1ccc2c(c1)CNC2. The molecule has 0 fully saturated rings. The zero-order chi connectivity index (χ0) is 13.2. The lowest BCUT2D eigenvalue weighted by Crippen LogP contribution is -2.05. The quantitative estimate of drug-likeness (QED) is 0.879. The molecular weight excluding hydrogens is 302 g/mol. The normalized spacial score (nSPS) is 13.3. The summed E-state index contributed by atoms with van der Waals surface area (Å²) in [6.45, 7) is 1.78. The van der Waals surface area contributed by atoms with Gasteiger partial charge in [0, 0.05) is 29.5 Å². The Hall–Kier alpha value is -1.45. The number of hydrogen-bond acceptors (Lipinski definition) is 2. The second-order valence-corrected chi connectivity index (χ2v) is 5.63. The van der Waals surface area contributed by atoms with Crippen molar-refractivity contribution >= 4 is 21.7 Å². The predicted octanol–water partition coefficient (Wildman–Crippen LogP) is 3.48. The Labute approximate surface area is 121 Å². The van der Waals surface area contributed by atoms with Crippen LogP contribution in [0.4, 0.5) is 0 Å². The number of ketones is 1. The summed E-state index contributed by atoms with van der Waals surface area (Å²) in [6.07, 6.45) is 0.438. The third-order valence-corrected chi connectivity index (χ3v) is 4.24. The molecule has 0 aromatic heterocycles. The molecule has 1 heterocycles. The van der Waals surface area contributed by atoms with Gasteiger partial charge in [0.25, 0.3) is 0 Å². The maximum atomic E-state index is 12.3. The molecule has 0 saturated carbocycles. The number of benzene rings is 2. The van der Waals surface area contributed by atoms with Crippen LogP contribution in [0.2, 0.25) is 0 Å². The van der Waals surface area contributed by atoms with Crippen LogP contribution < -0.4 is 5.32 Å². The molecule has 0 atom stereocenters. The summed E-state index contributed by atoms with van der Waals surface area (Å²) in [5, 5.41) is 3.29. The molecule has 0 radical (unpaired) electrons. The van der Waals surface area contributed by atoms with Gasteiger partial charge in [-0.2, -0.15) is 0 Å². The molecule has 0 saturated heterocycles. The van der Waals surface area contributed by atoms with Crippen molar-refractivity contribution in [1.82, 2.24) is 5.32 Å². The standard InChI is InChI=1S/C16H14BrNO/c17-15-4-2-1-3-11(15)8-16(19)12-5-6-13-9-18-10-14(13)7-12/h1-7,18H,8-10H2. The zero-order valence-corrected chi connectivity index (χ0v) is 12.0. The minimum atomic E-state index is 0.168. The first-order valence-corrected chi connectivity index (χ1v) is 7.12. The van der Waals surface area contributed by atoms with Crippen LogP contribution in [0.1, 0.15) is 27.0 Å². The smallest absolute Gasteiger partial charge is 0.167 e. The fraction of sp³-hybridized carbons (Fsp3) is 0.188. The Morgan fingerprint density at radius 1 is 1.11 bits per heavy atom. The molecule has 19 heavy (non-hydrogen) atoms. The molecule has 0 spiro atoms. The predicted molar refractivity (Wildman–Crippen MR) is 79.2 cm³/mol. The number of Topliss-reactive ketones (excluding diaryl/α,β-unsaturated/α-hetero) is 1. The number of carbonyl (C=O) groups is 1. The van der Waals surface area contributed by atoms with E-state index in [1.165, 1.54) is 11.1 Å². The van der Waals surface area contributed by atoms with Crippen molar-refractivity contribution in [2.45, 2.75) is 19.5 Å². The molecular formula is C16H14BrNO. The molecule has 0 bridgehead atoms. The van der Waals surface area contributed by atoms with Crippen LogP contribution in [0, 0.1) is 0 Å². The molecule has 1 aliphatic heterocycles. The minimum absolute atomic E-state index is 0.168. The van der Waals surface area contributed by atoms with Gasteiger partial charge in [0.1, 0.15) is 0 Å². The third-order valence-electron chi connectivity index (χ3n) is 3.47. The van der Waals surface area contributed by atoms with Crippen LogP contribution in [-0.4, -0.2) is 5.78 Å². The lowest BCUT2D eigenvalue weighted by molar-refractivity contribution is 0.0992. The van der Waals surface area contributed by atoms with Gasteiger partial charge in [-0.3, -0.25) is 4.79 Å². The molecule has 1 aliphatic rings. The van der Waals surface area contributed by atoms with Crippen molar-refractivity contribution in [3.63, 3.8) is 0 Å². The maximum Gasteiger partial charge on any atom is 0.167 e. The largest absolute Gasteiger partial charge is 0.309 e. The van der Waals surface area contributed by atoms with Gasteiger partial charge in [-0.15, -0.1) is 0 Å². The van der Waals surface area contributed by atoms with Crippen LogP contribution in [0.15, 0.2) is 46.9 Å². The average Bonchev–Trinajstić information content (AvgIpc) is 2.88. The molecule has 0 aliphatic carbocycles. The fourth-order valence-corrected chi connectivity index (χ4v) is 2.81. The van der Waals surface area contributed by atoms with Crippen LogP contribution in [0.3, 0.4) is 0 Å². The summed E-state index contributed by atoms with van der Waals surface area (Å²) in [5.41, 5.74) is 4.39. The lowest BCUT2D eigenvalue weighted by atomic mass is 9.99. The molecule has 2 aromatic rings. The highest BCUT2D eigenvalue weighted by molar-refractivity contribution is 9.10. The van der Waals surface area contributed by atoms with E-state index < -0.39 is 0 Å². The Balaban J connectivity index is 1.83. The number of hydrogen-bond donors (Lipinski definition) is 1. The Bertz CT molecular complexity index is 636. The van der Waals surface area contributed by atoms with E-state index in [2.05, 4.69) is 27.3 Å². The van der Waals surface area contributed by atoms with Gasteiger partial charge in [0.2, 0.25) is 0 Å². The van der Waals surface area contributed by atoms with Crippen molar-refractivity contribution in [2.75, 3.05) is 0 Å². The van der Waals surface area contributed by atoms with Crippen LogP contribution >= 0.6 is 15.9 Å². The van der Waals surface area contributed by atoms with Gasteiger partial charge in [-0.05, 0) is 28.8 Å². The van der Waals surface area contributed by atoms with E-state index in [0.29, 0.717) is 6.42 Å². The number of rotatable bonds is 3. The van der Waals surface area contributed by atoms with Crippen molar-refractivity contribution in [1.29, 1.82) is 0 Å². The van der Waals surface area contributed by atoms with Crippen LogP contribution in [-0.2, 0) is 19.5 Å². The first-order chi connectivity index (χ1) is 9.24. The van der Waals surface area contributed by atoms with E-state index in [-0.39, 0.29) is 5.78 Å². The monoisotopic (exact) mass is 315 g/mol. The van der Waals surface area contributed by atoms with E-state index in [1.807, 2.05) is 36.4 Å². The van der Waals surface area contributed by atoms with E-state index in [9.17, 15) is 4.79 Å². The Morgan fingerprint density at radius 2 is 1.89 bits per heavy atom. The highest BCUT2D eigenvalue weighted by Gasteiger charge is 2.14. The molecule has 0 amide bonds. The number of nitrogens with one attached hydrogen (secondary N) is 1. The molecule has 2 nitrogen and oxygen atoms in total. The summed E-state index contributed by atoms with van der Waals surface area (Å²) in [5.74, 6) is 0.168. The first-order valence-electron chi connectivity index (χ1n) is 6.33. The Morgan fingerprint density at radius 3 is 2.74 bits per heavy atom. The number of carbonyl (C=O) groups excluding carboxylic acids is 1. The van der Waals surface area contributed by atoms with Crippen molar-refractivity contribution in [2.24, 2.45) is 0 Å². The van der Waals surface area contributed by atoms with Gasteiger partial charge < -0.3 is 5.32 Å². The zero-order valence-electron chi connectivity index (χ0n) is 10.4. The lowest BCUT2D eigenvalue weighted by Gasteiger charge is -2.05. The highest BCUT2D eigenvalue weighted by atomic mass is 79.9. The summed E-state index contributed by atoms with van der Waals surface area (Å²) in [4.78, 5) is 12.3. The number of halogens is 1. The van der Waals surface area contributed by atoms with Gasteiger partial charge in [0.15, 0.2) is 5.78 Å². The summed E-state index contributed by atoms with van der Waals surface area (Å²) >= 11 is 3.48. The van der Waals surface area contributed by atoms with Crippen molar-refractivity contribution in [3.05, 3.63) is 69.2 Å². The minimum Gasteiger partial charge on any atom is -0.309 e. The second kappa shape index (κ2) is 5.27. The highest BCUT2D eigenvalue weighted by Crippen LogP contribution is 2.21. The van der Waals surface area contributed by atoms with Crippen molar-refractivity contribution < 1.29 is 4.79 Å². The van der Waals surface area contributed by atoms with Gasteiger partial charge >= 0.3 is 0 Å². The van der Waals surface area contributed by atoms with Gasteiger partial charge in [-0.1, -0.05) is 46.3 Å². The summed E-state index contributed by atoms with van der Waals surface area (Å²) in [7, 11) is 0. The maximum absolute atomic E-state index is 12.3. The van der Waals surface area contributed by atoms with E-state index in [4.69, 9.17) is 0 Å². The molecule has 3 rings (SSSR count). The van der Waals surface area contributed by atoms with E-state index in [0.717, 1.165) is 28.7 Å². The number of fused-ring (bicyclic) bond motifs is 1. The second-order valence-electron chi connectivity index (χ2n) is 4.78. The molecule has 96 valence electrons. The Kier molecular flexibility index (Phi) is 3.49. The average molecular weight is 316 g/mol. The summed E-state index contributed by atoms with van der Waals surface area (Å²) < 4.78 is 0.992. The summed E-state index contributed by atoms with van der Waals surface area (Å²) in [6, 6.07) is 13.9. The molecule has 3 heteroatoms. The van der Waals surface area contributed by atoms with E-state index in [1.54, 1.807) is 0 Å². The van der Waals surface area contributed by atoms with Gasteiger partial charge in [0.05, 0.1) is 0 Å². The van der Waals surface area contributed by atoms with Crippen molar-refractivity contribution in [3.8, 4) is 0 Å².